The summed E-state index contributed by atoms with van der Waals surface area (Å²) < 4.78 is 20.9. The molecular weight excluding hydrogens is 359 g/mol. The van der Waals surface area contributed by atoms with Crippen LogP contribution in [0.2, 0.25) is 0 Å². The molecule has 0 amide bonds. The number of halogens is 1. The van der Waals surface area contributed by atoms with E-state index in [2.05, 4.69) is 4.98 Å². The maximum absolute atomic E-state index is 14.0. The van der Waals surface area contributed by atoms with E-state index in [0.29, 0.717) is 46.6 Å². The Kier molecular flexibility index (Phi) is 4.59. The van der Waals surface area contributed by atoms with E-state index in [9.17, 15) is 14.0 Å². The highest BCUT2D eigenvalue weighted by atomic mass is 19.1. The molecule has 3 aromatic rings. The summed E-state index contributed by atoms with van der Waals surface area (Å²) >= 11 is 0. The van der Waals surface area contributed by atoms with Crippen molar-refractivity contribution in [1.29, 1.82) is 0 Å². The van der Waals surface area contributed by atoms with E-state index in [1.54, 1.807) is 17.6 Å². The van der Waals surface area contributed by atoms with Gasteiger partial charge < -0.3 is 14.1 Å². The molecule has 0 radical (unpaired) electrons. The van der Waals surface area contributed by atoms with Gasteiger partial charge in [-0.15, -0.1) is 0 Å². The first-order chi connectivity index (χ1) is 13.5. The molecule has 1 aromatic carbocycles. The highest BCUT2D eigenvalue weighted by Gasteiger charge is 2.27. The van der Waals surface area contributed by atoms with Crippen LogP contribution in [-0.4, -0.2) is 22.9 Å². The number of rotatable bonds is 5. The summed E-state index contributed by atoms with van der Waals surface area (Å²) in [5.74, 6) is -0.688. The maximum atomic E-state index is 14.0. The molecule has 3 heterocycles. The quantitative estimate of drug-likeness (QED) is 0.495. The summed E-state index contributed by atoms with van der Waals surface area (Å²) in [6, 6.07) is 7.02. The van der Waals surface area contributed by atoms with Crippen LogP contribution in [-0.2, 0) is 22.7 Å². The second-order valence-electron chi connectivity index (χ2n) is 7.23. The molecule has 1 unspecified atom stereocenters. The lowest BCUT2D eigenvalue weighted by Gasteiger charge is -2.16. The van der Waals surface area contributed by atoms with Gasteiger partial charge in [-0.3, -0.25) is 4.79 Å². The van der Waals surface area contributed by atoms with Crippen LogP contribution in [0.3, 0.4) is 0 Å². The zero-order chi connectivity index (χ0) is 20.0. The molecule has 0 saturated carbocycles. The number of ether oxygens (including phenoxy) is 1. The van der Waals surface area contributed by atoms with Crippen molar-refractivity contribution in [2.45, 2.75) is 39.3 Å². The van der Waals surface area contributed by atoms with Gasteiger partial charge in [-0.25, -0.2) is 9.37 Å². The fourth-order valence-electron chi connectivity index (χ4n) is 3.94. The Hall–Kier alpha value is -2.86. The maximum Gasteiger partial charge on any atom is 0.257 e. The van der Waals surface area contributed by atoms with E-state index in [1.165, 1.54) is 13.2 Å². The second kappa shape index (κ2) is 6.95. The summed E-state index contributed by atoms with van der Waals surface area (Å²) in [5, 5.41) is 0.843. The molecule has 1 aliphatic heterocycles. The molecule has 1 aliphatic rings. The van der Waals surface area contributed by atoms with Crippen molar-refractivity contribution in [3.63, 3.8) is 0 Å². The number of pyridine rings is 2. The van der Waals surface area contributed by atoms with Crippen molar-refractivity contribution in [2.24, 2.45) is 0 Å². The third-order valence-electron chi connectivity index (χ3n) is 5.47. The van der Waals surface area contributed by atoms with E-state index in [-0.39, 0.29) is 23.9 Å². The van der Waals surface area contributed by atoms with Gasteiger partial charge in [0.25, 0.3) is 5.56 Å². The van der Waals surface area contributed by atoms with E-state index in [4.69, 9.17) is 4.74 Å². The van der Waals surface area contributed by atoms with Gasteiger partial charge >= 0.3 is 0 Å². The van der Waals surface area contributed by atoms with Gasteiger partial charge in [-0.1, -0.05) is 6.92 Å². The van der Waals surface area contributed by atoms with E-state index < -0.39 is 0 Å². The van der Waals surface area contributed by atoms with Gasteiger partial charge in [-0.2, -0.15) is 0 Å². The van der Waals surface area contributed by atoms with E-state index in [0.717, 1.165) is 17.2 Å². The van der Waals surface area contributed by atoms with Gasteiger partial charge in [-0.05, 0) is 42.7 Å². The number of benzene rings is 1. The SMILES string of the molecule is CCC(C=O)c1cc2n(c(=O)c1COC)Cc1cc3cc(C)c(F)cc3nc1-2. The normalized spacial score (nSPS) is 13.4. The summed E-state index contributed by atoms with van der Waals surface area (Å²) in [6.45, 7) is 4.17. The third-order valence-corrected chi connectivity index (χ3v) is 5.47. The summed E-state index contributed by atoms with van der Waals surface area (Å²) in [5.41, 5.74) is 4.37. The number of hydrogen-bond acceptors (Lipinski definition) is 4. The Morgan fingerprint density at radius 2 is 2.11 bits per heavy atom. The lowest BCUT2D eigenvalue weighted by molar-refractivity contribution is -0.109. The van der Waals surface area contributed by atoms with Crippen LogP contribution in [0.15, 0.2) is 29.1 Å². The Labute approximate surface area is 161 Å². The van der Waals surface area contributed by atoms with Crippen molar-refractivity contribution in [3.05, 3.63) is 62.7 Å². The van der Waals surface area contributed by atoms with Crippen molar-refractivity contribution in [1.82, 2.24) is 9.55 Å². The Bertz CT molecular complexity index is 1170. The van der Waals surface area contributed by atoms with E-state index in [1.807, 2.05) is 19.1 Å². The number of carbonyl (C=O) groups excluding carboxylic acids is 1. The van der Waals surface area contributed by atoms with Crippen LogP contribution in [0.4, 0.5) is 4.39 Å². The van der Waals surface area contributed by atoms with Crippen LogP contribution in [0, 0.1) is 12.7 Å². The van der Waals surface area contributed by atoms with Gasteiger partial charge in [0.1, 0.15) is 12.1 Å². The molecule has 5 nitrogen and oxygen atoms in total. The van der Waals surface area contributed by atoms with Crippen LogP contribution < -0.4 is 5.56 Å². The smallest absolute Gasteiger partial charge is 0.257 e. The van der Waals surface area contributed by atoms with Crippen molar-refractivity contribution in [2.75, 3.05) is 7.11 Å². The van der Waals surface area contributed by atoms with Gasteiger partial charge in [0.2, 0.25) is 0 Å². The second-order valence-corrected chi connectivity index (χ2v) is 7.23. The predicted molar refractivity (Wildman–Crippen MR) is 105 cm³/mol. The van der Waals surface area contributed by atoms with Crippen LogP contribution in [0.5, 0.6) is 0 Å². The minimum atomic E-state index is -0.381. The zero-order valence-electron chi connectivity index (χ0n) is 16.1. The molecule has 144 valence electrons. The molecule has 0 bridgehead atoms. The van der Waals surface area contributed by atoms with Gasteiger partial charge in [0.15, 0.2) is 0 Å². The molecule has 0 aliphatic carbocycles. The summed E-state index contributed by atoms with van der Waals surface area (Å²) in [4.78, 5) is 29.4. The minimum Gasteiger partial charge on any atom is -0.380 e. The lowest BCUT2D eigenvalue weighted by atomic mass is 9.93. The molecule has 0 N–H and O–H groups in total. The Morgan fingerprint density at radius 3 is 2.79 bits per heavy atom. The van der Waals surface area contributed by atoms with Crippen molar-refractivity contribution < 1.29 is 13.9 Å². The molecule has 6 heteroatoms. The summed E-state index contributed by atoms with van der Waals surface area (Å²) in [7, 11) is 1.53. The largest absolute Gasteiger partial charge is 0.380 e. The fraction of sp³-hybridized carbons (Fsp3) is 0.318. The number of hydrogen-bond donors (Lipinski definition) is 0. The topological polar surface area (TPSA) is 61.2 Å². The van der Waals surface area contributed by atoms with Crippen LogP contribution >= 0.6 is 0 Å². The average molecular weight is 380 g/mol. The van der Waals surface area contributed by atoms with Crippen LogP contribution in [0.25, 0.3) is 22.3 Å². The van der Waals surface area contributed by atoms with Crippen molar-refractivity contribution >= 4 is 17.2 Å². The molecule has 1 atom stereocenters. The number of nitrogens with zero attached hydrogens (tertiary/aromatic N) is 2. The van der Waals surface area contributed by atoms with Gasteiger partial charge in [0, 0.05) is 35.6 Å². The first kappa shape index (κ1) is 18.5. The number of aldehydes is 1. The molecule has 0 fully saturated rings. The standard InChI is InChI=1S/C22H21FN2O3/c1-4-13(10-26)16-7-20-21-15(9-25(20)22(27)17(16)11-28-3)6-14-5-12(2)18(23)8-19(14)24-21/h5-8,10,13H,4,9,11H2,1-3H3. The number of carbonyl (C=O) groups is 1. The third kappa shape index (κ3) is 2.76. The molecule has 0 spiro atoms. The Morgan fingerprint density at radius 1 is 1.32 bits per heavy atom. The molecule has 4 rings (SSSR count). The summed E-state index contributed by atoms with van der Waals surface area (Å²) in [6.07, 6.45) is 1.46. The highest BCUT2D eigenvalue weighted by Crippen LogP contribution is 2.34. The Balaban J connectivity index is 1.98. The number of aryl methyl sites for hydroxylation is 1. The first-order valence-corrected chi connectivity index (χ1v) is 9.29. The van der Waals surface area contributed by atoms with E-state index >= 15 is 0 Å². The minimum absolute atomic E-state index is 0.148. The number of aromatic nitrogens is 2. The highest BCUT2D eigenvalue weighted by molar-refractivity contribution is 5.85. The zero-order valence-corrected chi connectivity index (χ0v) is 16.1. The molecule has 2 aromatic heterocycles. The van der Waals surface area contributed by atoms with Crippen LogP contribution in [0.1, 0.15) is 41.5 Å². The predicted octanol–water partition coefficient (Wildman–Crippen LogP) is 3.71. The lowest BCUT2D eigenvalue weighted by Crippen LogP contribution is -2.26. The first-order valence-electron chi connectivity index (χ1n) is 9.29. The van der Waals surface area contributed by atoms with Crippen molar-refractivity contribution in [3.8, 4) is 11.4 Å². The molecular formula is C22H21FN2O3. The average Bonchev–Trinajstić information content (AvgIpc) is 3.03. The molecule has 0 saturated heterocycles. The number of fused-ring (bicyclic) bond motifs is 4. The van der Waals surface area contributed by atoms with Gasteiger partial charge in [0.05, 0.1) is 30.1 Å². The number of methoxy groups -OCH3 is 1. The monoisotopic (exact) mass is 380 g/mol. The fourth-order valence-corrected chi connectivity index (χ4v) is 3.94. The molecule has 28 heavy (non-hydrogen) atoms.